The molecule has 0 aliphatic heterocycles. The van der Waals surface area contributed by atoms with Crippen LogP contribution in [-0.2, 0) is 0 Å². The second-order valence-electron chi connectivity index (χ2n) is 3.36. The van der Waals surface area contributed by atoms with Gasteiger partial charge >= 0.3 is 6.03 Å². The molecule has 7 heteroatoms. The van der Waals surface area contributed by atoms with E-state index in [-0.39, 0.29) is 6.54 Å². The van der Waals surface area contributed by atoms with Crippen molar-refractivity contribution in [2.75, 3.05) is 25.7 Å². The summed E-state index contributed by atoms with van der Waals surface area (Å²) in [4.78, 5) is 12.7. The van der Waals surface area contributed by atoms with E-state index in [0.717, 1.165) is 0 Å². The Hall–Kier alpha value is -1.99. The molecule has 0 heterocycles. The molecule has 0 bridgehead atoms. The Morgan fingerprint density at radius 1 is 1.22 bits per heavy atom. The summed E-state index contributed by atoms with van der Waals surface area (Å²) in [5, 5.41) is 17.0. The van der Waals surface area contributed by atoms with E-state index < -0.39 is 11.3 Å². The molecule has 0 aliphatic carbocycles. The monoisotopic (exact) mass is 256 g/mol. The first-order valence-corrected chi connectivity index (χ1v) is 5.26. The fraction of sp³-hybridized carbons (Fsp3) is 0.364. The van der Waals surface area contributed by atoms with Crippen LogP contribution in [0.25, 0.3) is 0 Å². The summed E-state index contributed by atoms with van der Waals surface area (Å²) in [6.07, 6.45) is 0. The van der Waals surface area contributed by atoms with E-state index in [2.05, 4.69) is 0 Å². The quantitative estimate of drug-likeness (QED) is 0.633. The van der Waals surface area contributed by atoms with E-state index in [4.69, 9.17) is 19.9 Å². The number of ether oxygens (including phenoxy) is 2. The van der Waals surface area contributed by atoms with Gasteiger partial charge in [-0.25, -0.2) is 4.79 Å². The molecular weight excluding hydrogens is 240 g/mol. The third-order valence-corrected chi connectivity index (χ3v) is 2.40. The van der Waals surface area contributed by atoms with Gasteiger partial charge in [0.2, 0.25) is 0 Å². The second kappa shape index (κ2) is 6.08. The molecule has 0 aliphatic rings. The SMILES string of the molecule is CCN(C(=O)N(O)O)c1ccc(OC)c(OC)c1. The van der Waals surface area contributed by atoms with Gasteiger partial charge in [-0.1, -0.05) is 5.23 Å². The second-order valence-corrected chi connectivity index (χ2v) is 3.36. The Bertz CT molecular complexity index is 422. The van der Waals surface area contributed by atoms with Crippen molar-refractivity contribution < 1.29 is 24.7 Å². The first kappa shape index (κ1) is 14.1. The van der Waals surface area contributed by atoms with Gasteiger partial charge < -0.3 is 9.47 Å². The minimum absolute atomic E-state index is 0.270. The van der Waals surface area contributed by atoms with Crippen molar-refractivity contribution >= 4 is 11.7 Å². The number of urea groups is 1. The van der Waals surface area contributed by atoms with Crippen LogP contribution >= 0.6 is 0 Å². The number of hydrogen-bond acceptors (Lipinski definition) is 5. The summed E-state index contributed by atoms with van der Waals surface area (Å²) >= 11 is 0. The average Bonchev–Trinajstić information content (AvgIpc) is 2.39. The summed E-state index contributed by atoms with van der Waals surface area (Å²) < 4.78 is 10.2. The normalized spacial score (nSPS) is 9.83. The van der Waals surface area contributed by atoms with Gasteiger partial charge in [0, 0.05) is 18.3 Å². The highest BCUT2D eigenvalue weighted by molar-refractivity contribution is 5.90. The van der Waals surface area contributed by atoms with Crippen LogP contribution in [0.2, 0.25) is 0 Å². The zero-order valence-electron chi connectivity index (χ0n) is 10.5. The maximum atomic E-state index is 11.5. The minimum atomic E-state index is -0.954. The predicted molar refractivity (Wildman–Crippen MR) is 63.4 cm³/mol. The molecule has 1 aromatic rings. The molecule has 7 nitrogen and oxygen atoms in total. The smallest absolute Gasteiger partial charge is 0.373 e. The van der Waals surface area contributed by atoms with E-state index in [0.29, 0.717) is 17.2 Å². The lowest BCUT2D eigenvalue weighted by Gasteiger charge is -2.23. The summed E-state index contributed by atoms with van der Waals surface area (Å²) in [7, 11) is 2.98. The number of benzene rings is 1. The average molecular weight is 256 g/mol. The van der Waals surface area contributed by atoms with Crippen molar-refractivity contribution in [2.45, 2.75) is 6.92 Å². The zero-order chi connectivity index (χ0) is 13.7. The molecule has 2 N–H and O–H groups in total. The molecule has 0 unspecified atom stereocenters. The zero-order valence-corrected chi connectivity index (χ0v) is 10.5. The maximum Gasteiger partial charge on any atom is 0.373 e. The van der Waals surface area contributed by atoms with Crippen molar-refractivity contribution in [2.24, 2.45) is 0 Å². The van der Waals surface area contributed by atoms with E-state index in [1.807, 2.05) is 0 Å². The van der Waals surface area contributed by atoms with Gasteiger partial charge in [-0.05, 0) is 19.1 Å². The topological polar surface area (TPSA) is 82.5 Å². The van der Waals surface area contributed by atoms with Gasteiger partial charge in [-0.2, -0.15) is 0 Å². The number of hydroxylamine groups is 2. The Balaban J connectivity index is 3.11. The van der Waals surface area contributed by atoms with Gasteiger partial charge in [0.05, 0.1) is 14.2 Å². The van der Waals surface area contributed by atoms with Gasteiger partial charge in [0.15, 0.2) is 11.5 Å². The molecule has 2 amide bonds. The van der Waals surface area contributed by atoms with Crippen LogP contribution in [-0.4, -0.2) is 42.4 Å². The number of anilines is 1. The highest BCUT2D eigenvalue weighted by Gasteiger charge is 2.20. The Morgan fingerprint density at radius 3 is 2.28 bits per heavy atom. The lowest BCUT2D eigenvalue weighted by molar-refractivity contribution is -0.256. The molecule has 0 aromatic heterocycles. The summed E-state index contributed by atoms with van der Waals surface area (Å²) in [5.74, 6) is 0.971. The highest BCUT2D eigenvalue weighted by Crippen LogP contribution is 2.31. The largest absolute Gasteiger partial charge is 0.493 e. The molecule has 18 heavy (non-hydrogen) atoms. The van der Waals surface area contributed by atoms with Crippen molar-refractivity contribution in [3.8, 4) is 11.5 Å². The molecule has 0 atom stereocenters. The first-order valence-electron chi connectivity index (χ1n) is 5.26. The van der Waals surface area contributed by atoms with E-state index in [1.165, 1.54) is 19.1 Å². The van der Waals surface area contributed by atoms with Crippen LogP contribution in [0.4, 0.5) is 10.5 Å². The fourth-order valence-corrected chi connectivity index (χ4v) is 1.53. The number of methoxy groups -OCH3 is 2. The third kappa shape index (κ3) is 2.82. The summed E-state index contributed by atoms with van der Waals surface area (Å²) in [5.41, 5.74) is 0.466. The van der Waals surface area contributed by atoms with Crippen LogP contribution in [0.15, 0.2) is 18.2 Å². The molecule has 1 rings (SSSR count). The predicted octanol–water partition coefficient (Wildman–Crippen LogP) is 1.73. The number of nitrogens with zero attached hydrogens (tertiary/aromatic N) is 2. The maximum absolute atomic E-state index is 11.5. The Kier molecular flexibility index (Phi) is 4.75. The molecule has 0 saturated heterocycles. The molecule has 0 saturated carbocycles. The number of amides is 2. The third-order valence-electron chi connectivity index (χ3n) is 2.40. The van der Waals surface area contributed by atoms with Crippen molar-refractivity contribution in [3.05, 3.63) is 18.2 Å². The summed E-state index contributed by atoms with van der Waals surface area (Å²) in [6.45, 7) is 1.98. The number of hydrogen-bond donors (Lipinski definition) is 2. The van der Waals surface area contributed by atoms with Crippen molar-refractivity contribution in [1.29, 1.82) is 0 Å². The van der Waals surface area contributed by atoms with E-state index >= 15 is 0 Å². The molecule has 0 spiro atoms. The number of carbonyl (C=O) groups excluding carboxylic acids is 1. The van der Waals surface area contributed by atoms with Gasteiger partial charge in [0.1, 0.15) is 0 Å². The van der Waals surface area contributed by atoms with Crippen LogP contribution in [0, 0.1) is 0 Å². The molecule has 100 valence electrons. The van der Waals surface area contributed by atoms with Crippen LogP contribution in [0.1, 0.15) is 6.92 Å². The number of rotatable bonds is 4. The van der Waals surface area contributed by atoms with Crippen molar-refractivity contribution in [3.63, 3.8) is 0 Å². The minimum Gasteiger partial charge on any atom is -0.493 e. The number of carbonyl (C=O) groups is 1. The molecule has 1 aromatic carbocycles. The highest BCUT2D eigenvalue weighted by atomic mass is 16.8. The molecular formula is C11H16N2O5. The van der Waals surface area contributed by atoms with Crippen LogP contribution in [0.3, 0.4) is 0 Å². The Morgan fingerprint density at radius 2 is 1.83 bits per heavy atom. The first-order chi connectivity index (χ1) is 8.54. The lowest BCUT2D eigenvalue weighted by atomic mass is 10.2. The van der Waals surface area contributed by atoms with Gasteiger partial charge in [-0.15, -0.1) is 0 Å². The van der Waals surface area contributed by atoms with Gasteiger partial charge in [0.25, 0.3) is 0 Å². The Labute approximate surface area is 105 Å². The lowest BCUT2D eigenvalue weighted by Crippen LogP contribution is -2.39. The summed E-state index contributed by atoms with van der Waals surface area (Å²) in [6, 6.07) is 3.86. The van der Waals surface area contributed by atoms with Crippen LogP contribution < -0.4 is 14.4 Å². The van der Waals surface area contributed by atoms with E-state index in [1.54, 1.807) is 25.1 Å². The fourth-order valence-electron chi connectivity index (χ4n) is 1.53. The van der Waals surface area contributed by atoms with Crippen LogP contribution in [0.5, 0.6) is 11.5 Å². The standard InChI is InChI=1S/C11H16N2O5/c1-4-12(11(14)13(15)16)8-5-6-9(17-2)10(7-8)18-3/h5-7,15-16H,4H2,1-3H3. The van der Waals surface area contributed by atoms with Crippen molar-refractivity contribution in [1.82, 2.24) is 5.23 Å². The molecule has 0 fully saturated rings. The van der Waals surface area contributed by atoms with E-state index in [9.17, 15) is 4.79 Å². The molecule has 0 radical (unpaired) electrons. The van der Waals surface area contributed by atoms with Gasteiger partial charge in [-0.3, -0.25) is 15.3 Å².